The molecule has 140 valence electrons. The van der Waals surface area contributed by atoms with Gasteiger partial charge < -0.3 is 14.8 Å². The van der Waals surface area contributed by atoms with Crippen LogP contribution in [-0.4, -0.2) is 30.3 Å². The Labute approximate surface area is 151 Å². The quantitative estimate of drug-likeness (QED) is 0.406. The Morgan fingerprint density at radius 3 is 2.48 bits per heavy atom. The van der Waals surface area contributed by atoms with Crippen LogP contribution in [0.1, 0.15) is 47.5 Å². The number of nitrogens with one attached hydrogen (secondary N) is 1. The summed E-state index contributed by atoms with van der Waals surface area (Å²) in [6, 6.07) is -0.290. The van der Waals surface area contributed by atoms with Gasteiger partial charge in [0.1, 0.15) is 5.60 Å². The topological polar surface area (TPSA) is 64.6 Å². The van der Waals surface area contributed by atoms with E-state index in [4.69, 9.17) is 9.47 Å². The van der Waals surface area contributed by atoms with Crippen molar-refractivity contribution in [3.63, 3.8) is 0 Å². The predicted molar refractivity (Wildman–Crippen MR) is 99.1 cm³/mol. The van der Waals surface area contributed by atoms with Gasteiger partial charge in [-0.1, -0.05) is 24.3 Å². The summed E-state index contributed by atoms with van der Waals surface area (Å²) in [4.78, 5) is 23.8. The van der Waals surface area contributed by atoms with Crippen molar-refractivity contribution in [3.8, 4) is 0 Å². The highest BCUT2D eigenvalue weighted by Crippen LogP contribution is 2.45. The number of carbonyl (C=O) groups excluding carboxylic acids is 2. The highest BCUT2D eigenvalue weighted by molar-refractivity contribution is 5.76. The third-order valence-electron chi connectivity index (χ3n) is 3.92. The highest BCUT2D eigenvalue weighted by Gasteiger charge is 2.45. The molecule has 1 N–H and O–H groups in total. The standard InChI is InChI=1S/C20H31NO4/c1-8-10-17(21-19(23)25-20(5,6)7)14(4)11-13(3)15-12-16(15)18(22)24-9-2/h8,11,15-17H,1,4,9-10,12H2,2-3,5-7H3,(H,21,23)/b13-11+/t15-,16-,17+/m1/s1. The molecule has 0 saturated heterocycles. The minimum atomic E-state index is -0.559. The van der Waals surface area contributed by atoms with Gasteiger partial charge in [-0.15, -0.1) is 6.58 Å². The Hall–Kier alpha value is -2.04. The van der Waals surface area contributed by atoms with Crippen LogP contribution in [0.4, 0.5) is 4.79 Å². The van der Waals surface area contributed by atoms with Gasteiger partial charge in [0.15, 0.2) is 0 Å². The van der Waals surface area contributed by atoms with Crippen molar-refractivity contribution < 1.29 is 19.1 Å². The van der Waals surface area contributed by atoms with E-state index in [0.717, 1.165) is 17.6 Å². The molecule has 25 heavy (non-hydrogen) atoms. The van der Waals surface area contributed by atoms with Gasteiger partial charge in [-0.25, -0.2) is 4.79 Å². The highest BCUT2D eigenvalue weighted by atomic mass is 16.6. The van der Waals surface area contributed by atoms with Crippen LogP contribution in [0.5, 0.6) is 0 Å². The SMILES string of the molecule is C=CC[C@H](NC(=O)OC(C)(C)C)C(=C)/C=C(\C)[C@H]1C[C@H]1C(=O)OCC. The fourth-order valence-corrected chi connectivity index (χ4v) is 2.63. The maximum absolute atomic E-state index is 12.0. The lowest BCUT2D eigenvalue weighted by atomic mass is 10.0. The van der Waals surface area contributed by atoms with Crippen molar-refractivity contribution in [1.82, 2.24) is 5.32 Å². The van der Waals surface area contributed by atoms with Crippen LogP contribution in [0.25, 0.3) is 0 Å². The maximum Gasteiger partial charge on any atom is 0.408 e. The molecule has 1 rings (SSSR count). The lowest BCUT2D eigenvalue weighted by molar-refractivity contribution is -0.144. The number of hydrogen-bond donors (Lipinski definition) is 1. The summed E-state index contributed by atoms with van der Waals surface area (Å²) in [7, 11) is 0. The lowest BCUT2D eigenvalue weighted by Gasteiger charge is -2.23. The molecule has 1 fully saturated rings. The normalized spacial score (nSPS) is 21.1. The average molecular weight is 349 g/mol. The summed E-state index contributed by atoms with van der Waals surface area (Å²) < 4.78 is 10.4. The molecule has 1 amide bonds. The first-order valence-corrected chi connectivity index (χ1v) is 8.73. The van der Waals surface area contributed by atoms with E-state index < -0.39 is 11.7 Å². The molecular formula is C20H31NO4. The van der Waals surface area contributed by atoms with Gasteiger partial charge in [-0.05, 0) is 59.0 Å². The summed E-state index contributed by atoms with van der Waals surface area (Å²) in [6.45, 7) is 17.4. The number of hydrogen-bond acceptors (Lipinski definition) is 4. The Kier molecular flexibility index (Phi) is 7.46. The first-order valence-electron chi connectivity index (χ1n) is 8.73. The van der Waals surface area contributed by atoms with E-state index >= 15 is 0 Å². The Morgan fingerprint density at radius 2 is 1.96 bits per heavy atom. The van der Waals surface area contributed by atoms with Crippen molar-refractivity contribution in [2.75, 3.05) is 6.61 Å². The van der Waals surface area contributed by atoms with Crippen molar-refractivity contribution in [2.45, 2.75) is 59.1 Å². The van der Waals surface area contributed by atoms with E-state index in [0.29, 0.717) is 13.0 Å². The summed E-state index contributed by atoms with van der Waals surface area (Å²) in [6.07, 6.45) is 4.54. The van der Waals surface area contributed by atoms with E-state index in [9.17, 15) is 9.59 Å². The first kappa shape index (κ1) is 21.0. The summed E-state index contributed by atoms with van der Waals surface area (Å²) in [5.41, 5.74) is 1.28. The molecule has 1 aliphatic carbocycles. The van der Waals surface area contributed by atoms with E-state index in [2.05, 4.69) is 18.5 Å². The minimum absolute atomic E-state index is 0.0549. The van der Waals surface area contributed by atoms with Crippen LogP contribution < -0.4 is 5.32 Å². The molecule has 0 radical (unpaired) electrons. The molecule has 3 atom stereocenters. The first-order chi connectivity index (χ1) is 11.6. The molecule has 0 aliphatic heterocycles. The fourth-order valence-electron chi connectivity index (χ4n) is 2.63. The van der Waals surface area contributed by atoms with Crippen molar-refractivity contribution in [2.24, 2.45) is 11.8 Å². The van der Waals surface area contributed by atoms with Crippen molar-refractivity contribution >= 4 is 12.1 Å². The van der Waals surface area contributed by atoms with Gasteiger partial charge in [-0.2, -0.15) is 0 Å². The van der Waals surface area contributed by atoms with E-state index in [1.165, 1.54) is 0 Å². The number of ether oxygens (including phenoxy) is 2. The molecule has 0 heterocycles. The maximum atomic E-state index is 12.0. The number of rotatable bonds is 8. The van der Waals surface area contributed by atoms with Crippen LogP contribution >= 0.6 is 0 Å². The van der Waals surface area contributed by atoms with Crippen LogP contribution in [0.15, 0.2) is 36.5 Å². The summed E-state index contributed by atoms with van der Waals surface area (Å²) >= 11 is 0. The smallest absolute Gasteiger partial charge is 0.408 e. The summed E-state index contributed by atoms with van der Waals surface area (Å²) in [5, 5.41) is 2.83. The van der Waals surface area contributed by atoms with Crippen molar-refractivity contribution in [3.05, 3.63) is 36.5 Å². The van der Waals surface area contributed by atoms with Gasteiger partial charge in [0, 0.05) is 0 Å². The zero-order valence-corrected chi connectivity index (χ0v) is 16.1. The molecule has 0 aromatic carbocycles. The zero-order valence-electron chi connectivity index (χ0n) is 16.1. The van der Waals surface area contributed by atoms with E-state index in [-0.39, 0.29) is 23.8 Å². The van der Waals surface area contributed by atoms with Gasteiger partial charge in [0.05, 0.1) is 18.6 Å². The lowest BCUT2D eigenvalue weighted by Crippen LogP contribution is -2.39. The number of allylic oxidation sites excluding steroid dienone is 1. The van der Waals surface area contributed by atoms with Gasteiger partial charge in [-0.3, -0.25) is 4.79 Å². The fraction of sp³-hybridized carbons (Fsp3) is 0.600. The molecule has 0 spiro atoms. The Balaban J connectivity index is 2.68. The predicted octanol–water partition coefficient (Wildman–Crippen LogP) is 4.16. The zero-order chi connectivity index (χ0) is 19.2. The molecular weight excluding hydrogens is 318 g/mol. The Morgan fingerprint density at radius 1 is 1.32 bits per heavy atom. The average Bonchev–Trinajstić information content (AvgIpc) is 3.25. The second-order valence-electron chi connectivity index (χ2n) is 7.39. The number of alkyl carbamates (subject to hydrolysis) is 1. The molecule has 1 aliphatic rings. The third kappa shape index (κ3) is 7.16. The number of carbonyl (C=O) groups is 2. The second kappa shape index (κ2) is 8.88. The molecule has 1 saturated carbocycles. The van der Waals surface area contributed by atoms with Crippen LogP contribution in [-0.2, 0) is 14.3 Å². The minimum Gasteiger partial charge on any atom is -0.466 e. The second-order valence-corrected chi connectivity index (χ2v) is 7.39. The van der Waals surface area contributed by atoms with Crippen LogP contribution in [0, 0.1) is 11.8 Å². The molecule has 0 aromatic rings. The van der Waals surface area contributed by atoms with Crippen LogP contribution in [0.3, 0.4) is 0 Å². The monoisotopic (exact) mass is 349 g/mol. The third-order valence-corrected chi connectivity index (χ3v) is 3.92. The van der Waals surface area contributed by atoms with E-state index in [1.807, 2.05) is 40.7 Å². The summed E-state index contributed by atoms with van der Waals surface area (Å²) in [5.74, 6) is 0.00256. The molecule has 0 aromatic heterocycles. The Bertz CT molecular complexity index is 557. The van der Waals surface area contributed by atoms with E-state index in [1.54, 1.807) is 6.08 Å². The molecule has 5 nitrogen and oxygen atoms in total. The molecule has 0 unspecified atom stereocenters. The number of esters is 1. The number of amides is 1. The van der Waals surface area contributed by atoms with Gasteiger partial charge in [0.2, 0.25) is 0 Å². The molecule has 5 heteroatoms. The molecule has 0 bridgehead atoms. The van der Waals surface area contributed by atoms with Crippen LogP contribution in [0.2, 0.25) is 0 Å². The van der Waals surface area contributed by atoms with Gasteiger partial charge >= 0.3 is 12.1 Å². The van der Waals surface area contributed by atoms with Crippen molar-refractivity contribution in [1.29, 1.82) is 0 Å². The largest absolute Gasteiger partial charge is 0.466 e. The van der Waals surface area contributed by atoms with Gasteiger partial charge in [0.25, 0.3) is 0 Å².